The average molecular weight is 522 g/mol. The normalized spacial score (nSPS) is 14.6. The highest BCUT2D eigenvalue weighted by molar-refractivity contribution is 14.0. The van der Waals surface area contributed by atoms with Crippen LogP contribution in [0.1, 0.15) is 25.3 Å². The van der Waals surface area contributed by atoms with E-state index in [0.717, 1.165) is 49.7 Å². The zero-order valence-electron chi connectivity index (χ0n) is 17.6. The van der Waals surface area contributed by atoms with E-state index in [1.165, 1.54) is 5.56 Å². The Bertz CT molecular complexity index is 821. The molecule has 1 aliphatic rings. The highest BCUT2D eigenvalue weighted by atomic mass is 127. The van der Waals surface area contributed by atoms with E-state index in [4.69, 9.17) is 4.74 Å². The molecule has 1 aliphatic heterocycles. The Kier molecular flexibility index (Phi) is 9.93. The van der Waals surface area contributed by atoms with Gasteiger partial charge in [0.2, 0.25) is 5.91 Å². The summed E-state index contributed by atoms with van der Waals surface area (Å²) in [5.74, 6) is 1.58. The Morgan fingerprint density at radius 3 is 2.53 bits per heavy atom. The van der Waals surface area contributed by atoms with Crippen molar-refractivity contribution in [1.29, 1.82) is 0 Å². The van der Waals surface area contributed by atoms with Gasteiger partial charge in [-0.2, -0.15) is 0 Å². The summed E-state index contributed by atoms with van der Waals surface area (Å²) in [5.41, 5.74) is 2.03. The van der Waals surface area contributed by atoms with Crippen molar-refractivity contribution in [2.75, 3.05) is 32.0 Å². The number of aryl methyl sites for hydroxylation is 1. The highest BCUT2D eigenvalue weighted by Gasteiger charge is 2.23. The molecule has 1 saturated heterocycles. The molecule has 0 atom stereocenters. The van der Waals surface area contributed by atoms with Crippen molar-refractivity contribution in [2.45, 2.75) is 32.3 Å². The monoisotopic (exact) mass is 522 g/mol. The summed E-state index contributed by atoms with van der Waals surface area (Å²) in [6.45, 7) is 3.97. The number of piperidine rings is 1. The summed E-state index contributed by atoms with van der Waals surface area (Å²) in [4.78, 5) is 18.8. The molecule has 0 radical (unpaired) electrons. The van der Waals surface area contributed by atoms with Crippen molar-refractivity contribution in [3.8, 4) is 5.75 Å². The van der Waals surface area contributed by atoms with Crippen LogP contribution < -0.4 is 15.4 Å². The molecule has 3 rings (SSSR count). The molecule has 0 bridgehead atoms. The first-order valence-corrected chi connectivity index (χ1v) is 10.2. The van der Waals surface area contributed by atoms with E-state index in [-0.39, 0.29) is 42.5 Å². The van der Waals surface area contributed by atoms with Crippen molar-refractivity contribution < 1.29 is 9.53 Å². The zero-order chi connectivity index (χ0) is 20.5. The molecule has 1 fully saturated rings. The van der Waals surface area contributed by atoms with Crippen molar-refractivity contribution in [1.82, 2.24) is 10.2 Å². The lowest BCUT2D eigenvalue weighted by atomic mass is 10.1. The molecule has 2 aromatic carbocycles. The molecule has 30 heavy (non-hydrogen) atoms. The van der Waals surface area contributed by atoms with Gasteiger partial charge in [-0.15, -0.1) is 24.0 Å². The molecular formula is C23H31IN4O2. The maximum atomic E-state index is 12.3. The lowest BCUT2D eigenvalue weighted by molar-refractivity contribution is -0.115. The molecule has 2 N–H and O–H groups in total. The van der Waals surface area contributed by atoms with Crippen LogP contribution in [-0.2, 0) is 11.2 Å². The maximum Gasteiger partial charge on any atom is 0.243 e. The predicted molar refractivity (Wildman–Crippen MR) is 133 cm³/mol. The fourth-order valence-corrected chi connectivity index (χ4v) is 3.44. The topological polar surface area (TPSA) is 66.0 Å². The molecule has 1 amide bonds. The highest BCUT2D eigenvalue weighted by Crippen LogP contribution is 2.18. The average Bonchev–Trinajstić information content (AvgIpc) is 2.76. The largest absolute Gasteiger partial charge is 0.490 e. The molecule has 6 nitrogen and oxygen atoms in total. The number of benzene rings is 2. The number of hydrogen-bond acceptors (Lipinski definition) is 3. The van der Waals surface area contributed by atoms with Crippen molar-refractivity contribution >= 4 is 41.5 Å². The summed E-state index contributed by atoms with van der Waals surface area (Å²) in [7, 11) is 1.75. The van der Waals surface area contributed by atoms with Crippen LogP contribution in [0.3, 0.4) is 0 Å². The first-order valence-electron chi connectivity index (χ1n) is 10.2. The number of nitrogens with zero attached hydrogens (tertiary/aromatic N) is 2. The standard InChI is InChI=1S/C23H30N4O2.HI/c1-3-18-8-7-9-19(16-18)26-22(28)17-25-23(24-2)27-14-12-21(13-15-27)29-20-10-5-4-6-11-20;/h4-11,16,21H,3,12-15,17H2,1-2H3,(H,24,25)(H,26,28);1H. The van der Waals surface area contributed by atoms with Gasteiger partial charge in [-0.25, -0.2) is 0 Å². The van der Waals surface area contributed by atoms with Gasteiger partial charge in [0.1, 0.15) is 11.9 Å². The molecule has 0 aromatic heterocycles. The Morgan fingerprint density at radius 2 is 1.87 bits per heavy atom. The van der Waals surface area contributed by atoms with Gasteiger partial charge in [0, 0.05) is 38.7 Å². The number of amides is 1. The second kappa shape index (κ2) is 12.4. The smallest absolute Gasteiger partial charge is 0.243 e. The number of hydrogen-bond donors (Lipinski definition) is 2. The molecule has 7 heteroatoms. The first kappa shape index (κ1) is 24.0. The summed E-state index contributed by atoms with van der Waals surface area (Å²) < 4.78 is 6.05. The Hall–Kier alpha value is -2.29. The second-order valence-corrected chi connectivity index (χ2v) is 7.12. The summed E-state index contributed by atoms with van der Waals surface area (Å²) >= 11 is 0. The Labute approximate surface area is 196 Å². The number of halogens is 1. The van der Waals surface area contributed by atoms with E-state index in [1.807, 2.05) is 48.5 Å². The fraction of sp³-hybridized carbons (Fsp3) is 0.391. The third kappa shape index (κ3) is 7.19. The van der Waals surface area contributed by atoms with Crippen LogP contribution in [0.2, 0.25) is 0 Å². The van der Waals surface area contributed by atoms with Crippen LogP contribution in [-0.4, -0.2) is 49.6 Å². The van der Waals surface area contributed by atoms with Gasteiger partial charge in [-0.3, -0.25) is 9.79 Å². The van der Waals surface area contributed by atoms with Gasteiger partial charge < -0.3 is 20.3 Å². The van der Waals surface area contributed by atoms with E-state index in [0.29, 0.717) is 0 Å². The zero-order valence-corrected chi connectivity index (χ0v) is 20.0. The minimum absolute atomic E-state index is 0. The van der Waals surface area contributed by atoms with Crippen LogP contribution in [0.15, 0.2) is 59.6 Å². The van der Waals surface area contributed by atoms with Crippen LogP contribution in [0.25, 0.3) is 0 Å². The number of carbonyl (C=O) groups is 1. The molecule has 0 spiro atoms. The van der Waals surface area contributed by atoms with Gasteiger partial charge in [0.15, 0.2) is 5.96 Å². The van der Waals surface area contributed by atoms with Gasteiger partial charge in [0.05, 0.1) is 6.54 Å². The summed E-state index contributed by atoms with van der Waals surface area (Å²) in [6, 6.07) is 17.9. The van der Waals surface area contributed by atoms with Gasteiger partial charge >= 0.3 is 0 Å². The fourth-order valence-electron chi connectivity index (χ4n) is 3.44. The van der Waals surface area contributed by atoms with E-state index in [9.17, 15) is 4.79 Å². The van der Waals surface area contributed by atoms with E-state index < -0.39 is 0 Å². The van der Waals surface area contributed by atoms with Gasteiger partial charge in [-0.1, -0.05) is 37.3 Å². The number of para-hydroxylation sites is 1. The van der Waals surface area contributed by atoms with Gasteiger partial charge in [0.25, 0.3) is 0 Å². The number of nitrogens with one attached hydrogen (secondary N) is 2. The molecule has 0 saturated carbocycles. The lowest BCUT2D eigenvalue weighted by Crippen LogP contribution is -2.49. The van der Waals surface area contributed by atoms with Crippen LogP contribution in [0, 0.1) is 0 Å². The quantitative estimate of drug-likeness (QED) is 0.343. The summed E-state index contributed by atoms with van der Waals surface area (Å²) in [6.07, 6.45) is 3.00. The third-order valence-electron chi connectivity index (χ3n) is 5.03. The molecule has 162 valence electrons. The molecule has 0 unspecified atom stereocenters. The van der Waals surface area contributed by atoms with E-state index in [1.54, 1.807) is 7.05 Å². The number of guanidine groups is 1. The van der Waals surface area contributed by atoms with Gasteiger partial charge in [-0.05, 0) is 36.2 Å². The Balaban J connectivity index is 0.00000320. The number of rotatable bonds is 6. The molecule has 1 heterocycles. The molecule has 2 aromatic rings. The number of carbonyl (C=O) groups excluding carboxylic acids is 1. The van der Waals surface area contributed by atoms with Crippen molar-refractivity contribution in [2.24, 2.45) is 4.99 Å². The minimum atomic E-state index is -0.0818. The summed E-state index contributed by atoms with van der Waals surface area (Å²) in [5, 5.41) is 6.11. The van der Waals surface area contributed by atoms with Crippen LogP contribution in [0.4, 0.5) is 5.69 Å². The SMILES string of the molecule is CCc1cccc(NC(=O)CNC(=NC)N2CCC(Oc3ccccc3)CC2)c1.I. The molecule has 0 aliphatic carbocycles. The number of anilines is 1. The predicted octanol–water partition coefficient (Wildman–Crippen LogP) is 3.92. The van der Waals surface area contributed by atoms with E-state index in [2.05, 4.69) is 33.5 Å². The number of likely N-dealkylation sites (tertiary alicyclic amines) is 1. The third-order valence-corrected chi connectivity index (χ3v) is 5.03. The van der Waals surface area contributed by atoms with E-state index >= 15 is 0 Å². The van der Waals surface area contributed by atoms with Crippen molar-refractivity contribution in [3.05, 3.63) is 60.2 Å². The number of aliphatic imine (C=N–C) groups is 1. The second-order valence-electron chi connectivity index (χ2n) is 7.12. The molecular weight excluding hydrogens is 491 g/mol. The minimum Gasteiger partial charge on any atom is -0.490 e. The maximum absolute atomic E-state index is 12.3. The first-order chi connectivity index (χ1) is 14.2. The lowest BCUT2D eigenvalue weighted by Gasteiger charge is -2.34. The van der Waals surface area contributed by atoms with Crippen LogP contribution >= 0.6 is 24.0 Å². The van der Waals surface area contributed by atoms with Crippen molar-refractivity contribution in [3.63, 3.8) is 0 Å². The number of ether oxygens (including phenoxy) is 1. The van der Waals surface area contributed by atoms with Crippen LogP contribution in [0.5, 0.6) is 5.75 Å². The Morgan fingerprint density at radius 1 is 1.13 bits per heavy atom.